The molecule has 1 unspecified atom stereocenters. The topological polar surface area (TPSA) is 108 Å². The molecule has 1 rings (SSSR count). The summed E-state index contributed by atoms with van der Waals surface area (Å²) < 4.78 is 5.06. The SMILES string of the molecule is N=C(N)NC(Oc1ccccc1)C(=O)O. The lowest BCUT2D eigenvalue weighted by molar-refractivity contribution is -0.145. The van der Waals surface area contributed by atoms with E-state index in [0.717, 1.165) is 0 Å². The maximum atomic E-state index is 10.7. The minimum atomic E-state index is -1.36. The number of nitrogens with one attached hydrogen (secondary N) is 2. The lowest BCUT2D eigenvalue weighted by Crippen LogP contribution is -2.47. The molecule has 0 radical (unpaired) electrons. The van der Waals surface area contributed by atoms with Crippen molar-refractivity contribution in [3.8, 4) is 5.75 Å². The van der Waals surface area contributed by atoms with Crippen molar-refractivity contribution in [3.05, 3.63) is 30.3 Å². The molecule has 0 aromatic heterocycles. The number of nitrogens with two attached hydrogens (primary N) is 1. The van der Waals surface area contributed by atoms with Crippen LogP contribution >= 0.6 is 0 Å². The smallest absolute Gasteiger partial charge is 0.366 e. The van der Waals surface area contributed by atoms with E-state index in [-0.39, 0.29) is 0 Å². The first-order valence-corrected chi connectivity index (χ1v) is 4.14. The molecule has 0 bridgehead atoms. The Kier molecular flexibility index (Phi) is 3.50. The number of ether oxygens (including phenoxy) is 1. The van der Waals surface area contributed by atoms with E-state index in [4.69, 9.17) is 21.0 Å². The van der Waals surface area contributed by atoms with Crippen molar-refractivity contribution in [2.24, 2.45) is 5.73 Å². The van der Waals surface area contributed by atoms with Crippen LogP contribution < -0.4 is 15.8 Å². The Labute approximate surface area is 86.2 Å². The Bertz CT molecular complexity index is 353. The summed E-state index contributed by atoms with van der Waals surface area (Å²) in [5, 5.41) is 17.8. The number of para-hydroxylation sites is 1. The van der Waals surface area contributed by atoms with Gasteiger partial charge in [-0.1, -0.05) is 18.2 Å². The van der Waals surface area contributed by atoms with Gasteiger partial charge < -0.3 is 20.9 Å². The van der Waals surface area contributed by atoms with Gasteiger partial charge in [-0.05, 0) is 12.1 Å². The van der Waals surface area contributed by atoms with Crippen LogP contribution in [0.3, 0.4) is 0 Å². The van der Waals surface area contributed by atoms with Crippen LogP contribution in [0.4, 0.5) is 0 Å². The number of guanidine groups is 1. The summed E-state index contributed by atoms with van der Waals surface area (Å²) in [5.41, 5.74) is 5.01. The third kappa shape index (κ3) is 3.55. The molecule has 6 heteroatoms. The van der Waals surface area contributed by atoms with E-state index in [0.29, 0.717) is 5.75 Å². The van der Waals surface area contributed by atoms with Gasteiger partial charge in [0.25, 0.3) is 6.23 Å². The monoisotopic (exact) mass is 209 g/mol. The van der Waals surface area contributed by atoms with E-state index in [1.807, 2.05) is 0 Å². The van der Waals surface area contributed by atoms with Crippen molar-refractivity contribution in [2.45, 2.75) is 6.23 Å². The van der Waals surface area contributed by atoms with Crippen LogP contribution in [0.2, 0.25) is 0 Å². The second kappa shape index (κ2) is 4.85. The molecule has 5 N–H and O–H groups in total. The van der Waals surface area contributed by atoms with Crippen LogP contribution in [-0.2, 0) is 4.79 Å². The highest BCUT2D eigenvalue weighted by Crippen LogP contribution is 2.09. The van der Waals surface area contributed by atoms with Gasteiger partial charge in [0, 0.05) is 0 Å². The van der Waals surface area contributed by atoms with Gasteiger partial charge in [-0.25, -0.2) is 4.79 Å². The average molecular weight is 209 g/mol. The molecule has 1 aromatic carbocycles. The summed E-state index contributed by atoms with van der Waals surface area (Å²) in [5.74, 6) is -1.31. The molecule has 0 saturated carbocycles. The molecule has 0 amide bonds. The van der Waals surface area contributed by atoms with E-state index in [1.54, 1.807) is 30.3 Å². The van der Waals surface area contributed by atoms with Gasteiger partial charge in [0.2, 0.25) is 0 Å². The van der Waals surface area contributed by atoms with Gasteiger partial charge in [0.05, 0.1) is 0 Å². The summed E-state index contributed by atoms with van der Waals surface area (Å²) >= 11 is 0. The predicted molar refractivity (Wildman–Crippen MR) is 53.5 cm³/mol. The lowest BCUT2D eigenvalue weighted by atomic mass is 10.3. The zero-order valence-corrected chi connectivity index (χ0v) is 7.81. The van der Waals surface area contributed by atoms with Gasteiger partial charge in [0.1, 0.15) is 5.75 Å². The molecule has 1 aromatic rings. The first kappa shape index (κ1) is 10.8. The quantitative estimate of drug-likeness (QED) is 0.316. The number of carbonyl (C=O) groups is 1. The third-order valence-corrected chi connectivity index (χ3v) is 1.51. The zero-order chi connectivity index (χ0) is 11.3. The molecular weight excluding hydrogens is 198 g/mol. The van der Waals surface area contributed by atoms with E-state index in [9.17, 15) is 4.79 Å². The normalized spacial score (nSPS) is 11.5. The molecule has 0 fully saturated rings. The van der Waals surface area contributed by atoms with Crippen molar-refractivity contribution in [2.75, 3.05) is 0 Å². The third-order valence-electron chi connectivity index (χ3n) is 1.51. The van der Waals surface area contributed by atoms with Crippen molar-refractivity contribution in [3.63, 3.8) is 0 Å². The average Bonchev–Trinajstić information content (AvgIpc) is 2.17. The highest BCUT2D eigenvalue weighted by Gasteiger charge is 2.19. The summed E-state index contributed by atoms with van der Waals surface area (Å²) in [7, 11) is 0. The first-order valence-electron chi connectivity index (χ1n) is 4.14. The fraction of sp³-hybridized carbons (Fsp3) is 0.111. The van der Waals surface area contributed by atoms with Gasteiger partial charge in [-0.15, -0.1) is 0 Å². The van der Waals surface area contributed by atoms with Crippen molar-refractivity contribution >= 4 is 11.9 Å². The molecule has 0 spiro atoms. The lowest BCUT2D eigenvalue weighted by Gasteiger charge is -2.15. The number of carboxylic acids is 1. The summed E-state index contributed by atoms with van der Waals surface area (Å²) in [4.78, 5) is 10.7. The number of hydrogen-bond acceptors (Lipinski definition) is 3. The van der Waals surface area contributed by atoms with E-state index in [2.05, 4.69) is 5.32 Å². The van der Waals surface area contributed by atoms with Crippen molar-refractivity contribution < 1.29 is 14.6 Å². The molecule has 6 nitrogen and oxygen atoms in total. The summed E-state index contributed by atoms with van der Waals surface area (Å²) in [6, 6.07) is 8.42. The fourth-order valence-corrected chi connectivity index (χ4v) is 0.918. The highest BCUT2D eigenvalue weighted by molar-refractivity contribution is 5.81. The van der Waals surface area contributed by atoms with Crippen LogP contribution in [0.5, 0.6) is 5.75 Å². The van der Waals surface area contributed by atoms with Crippen LogP contribution in [0, 0.1) is 5.41 Å². The van der Waals surface area contributed by atoms with E-state index >= 15 is 0 Å². The Morgan fingerprint density at radius 3 is 2.53 bits per heavy atom. The Balaban J connectivity index is 2.67. The molecule has 15 heavy (non-hydrogen) atoms. The van der Waals surface area contributed by atoms with Gasteiger partial charge >= 0.3 is 5.97 Å². The molecule has 0 aliphatic heterocycles. The predicted octanol–water partition coefficient (Wildman–Crippen LogP) is -0.0408. The number of carboxylic acid groups (broad SMARTS) is 1. The maximum Gasteiger partial charge on any atom is 0.366 e. The summed E-state index contributed by atoms with van der Waals surface area (Å²) in [6.45, 7) is 0. The zero-order valence-electron chi connectivity index (χ0n) is 7.81. The van der Waals surface area contributed by atoms with Gasteiger partial charge in [-0.3, -0.25) is 5.41 Å². The molecule has 0 heterocycles. The minimum absolute atomic E-state index is 0.388. The standard InChI is InChI=1S/C9H11N3O3/c10-9(11)12-7(8(13)14)15-6-4-2-1-3-5-6/h1-5,7H,(H,13,14)(H4,10,11,12). The van der Waals surface area contributed by atoms with Crippen molar-refractivity contribution in [1.29, 1.82) is 5.41 Å². The summed E-state index contributed by atoms with van der Waals surface area (Å²) in [6.07, 6.45) is -1.36. The second-order valence-electron chi connectivity index (χ2n) is 2.71. The number of benzene rings is 1. The largest absolute Gasteiger partial charge is 0.477 e. The van der Waals surface area contributed by atoms with Gasteiger partial charge in [-0.2, -0.15) is 0 Å². The first-order chi connectivity index (χ1) is 7.09. The minimum Gasteiger partial charge on any atom is -0.477 e. The highest BCUT2D eigenvalue weighted by atomic mass is 16.5. The Morgan fingerprint density at radius 1 is 1.47 bits per heavy atom. The Morgan fingerprint density at radius 2 is 2.07 bits per heavy atom. The maximum absolute atomic E-state index is 10.7. The number of hydrogen-bond donors (Lipinski definition) is 4. The molecule has 0 saturated heterocycles. The van der Waals surface area contributed by atoms with Crippen LogP contribution in [0.25, 0.3) is 0 Å². The molecule has 1 atom stereocenters. The molecular formula is C9H11N3O3. The second-order valence-corrected chi connectivity index (χ2v) is 2.71. The van der Waals surface area contributed by atoms with E-state index < -0.39 is 18.2 Å². The van der Waals surface area contributed by atoms with Crippen LogP contribution in [-0.4, -0.2) is 23.3 Å². The van der Waals surface area contributed by atoms with Gasteiger partial charge in [0.15, 0.2) is 5.96 Å². The molecule has 80 valence electrons. The Hall–Kier alpha value is -2.24. The van der Waals surface area contributed by atoms with Crippen LogP contribution in [0.15, 0.2) is 30.3 Å². The van der Waals surface area contributed by atoms with Crippen LogP contribution in [0.1, 0.15) is 0 Å². The fourth-order valence-electron chi connectivity index (χ4n) is 0.918. The van der Waals surface area contributed by atoms with E-state index in [1.165, 1.54) is 0 Å². The molecule has 0 aliphatic rings. The molecule has 0 aliphatic carbocycles. The number of rotatable bonds is 4. The number of aliphatic carboxylic acids is 1. The van der Waals surface area contributed by atoms with Crippen molar-refractivity contribution in [1.82, 2.24) is 5.32 Å².